The largest absolute Gasteiger partial charge is 0.507 e. The van der Waals surface area contributed by atoms with Crippen molar-refractivity contribution in [3.05, 3.63) is 142 Å². The molecule has 4 aromatic rings. The van der Waals surface area contributed by atoms with Gasteiger partial charge >= 0.3 is 18.2 Å². The number of nitrogens with two attached hydrogens (primary N) is 2. The van der Waals surface area contributed by atoms with Crippen LogP contribution >= 0.6 is 0 Å². The number of hydrogen-bond donors (Lipinski definition) is 16. The SMILES string of the molecule is CC(=O)[C@]1(O)Cc2c(O)c3c(c(O)c2[C@@](O)(O[C@H]2C[C@H](NC(=O)OCc4ccc(NC(=O)[C@H](CCCNC(N)=O)CC(=O)[C@@H](NC(=O)CCCCCN5C(=O)C=CC5=O)C(C)C)cc4)[C@H](O)[C@H](C)O2)C1)C(=O)c1ccccc1C3=O.CC(C)[C@H](NC(=O)CCCCCN1C(=O)C=CC1=O)C(=O)N[C@@H](CCCNC(N)=O)C(=O)Nc1ccc(CO)cc1. The number of anilines is 2. The smallest absolute Gasteiger partial charge is 0.407 e. The van der Waals surface area contributed by atoms with Gasteiger partial charge in [0, 0.05) is 123 Å². The Morgan fingerprint density at radius 2 is 1.09 bits per heavy atom. The molecule has 9 rings (SSSR count). The summed E-state index contributed by atoms with van der Waals surface area (Å²) in [6, 6.07) is 13.0. The Hall–Kier alpha value is -12.2. The predicted molar refractivity (Wildman–Crippen MR) is 431 cm³/mol. The molecule has 0 spiro atoms. The number of ketones is 4. The summed E-state index contributed by atoms with van der Waals surface area (Å²) < 4.78 is 17.3. The minimum Gasteiger partial charge on any atom is -0.507 e. The highest BCUT2D eigenvalue weighted by atomic mass is 16.7. The summed E-state index contributed by atoms with van der Waals surface area (Å²) in [5.41, 5.74) is 7.38. The van der Waals surface area contributed by atoms with Crippen LogP contribution < -0.4 is 54.0 Å². The van der Waals surface area contributed by atoms with E-state index in [1.54, 1.807) is 64.1 Å². The summed E-state index contributed by atoms with van der Waals surface area (Å²) in [5.74, 6) is -12.8. The molecule has 0 unspecified atom stereocenters. The molecule has 0 bridgehead atoms. The van der Waals surface area contributed by atoms with Gasteiger partial charge in [-0.05, 0) is 112 Å². The molecule has 3 heterocycles. The second-order valence-electron chi connectivity index (χ2n) is 31.0. The zero-order chi connectivity index (χ0) is 88.7. The van der Waals surface area contributed by atoms with Crippen LogP contribution in [0.15, 0.2) is 97.1 Å². The van der Waals surface area contributed by atoms with Gasteiger partial charge in [0.25, 0.3) is 23.6 Å². The van der Waals surface area contributed by atoms with Crippen molar-refractivity contribution in [1.82, 2.24) is 41.7 Å². The highest BCUT2D eigenvalue weighted by Crippen LogP contribution is 2.54. The number of primary amides is 2. The number of benzene rings is 4. The summed E-state index contributed by atoms with van der Waals surface area (Å²) in [7, 11) is 0. The number of carbonyl (C=O) groups is 16. The number of unbranched alkanes of at least 4 members (excludes halogenated alkanes) is 4. The Bertz CT molecular complexity index is 4590. The van der Waals surface area contributed by atoms with Gasteiger partial charge in [0.05, 0.1) is 41.5 Å². The number of ether oxygens (including phenoxy) is 3. The summed E-state index contributed by atoms with van der Waals surface area (Å²) >= 11 is 0. The first-order valence-corrected chi connectivity index (χ1v) is 40.0. The Morgan fingerprint density at radius 3 is 1.59 bits per heavy atom. The maximum Gasteiger partial charge on any atom is 0.407 e. The number of rotatable bonds is 40. The Morgan fingerprint density at radius 1 is 0.603 bits per heavy atom. The number of Topliss-reactive ketones (excluding diaryl/α,β-unsaturated/α-hetero) is 2. The molecule has 652 valence electrons. The van der Waals surface area contributed by atoms with Crippen LogP contribution in [0, 0.1) is 17.8 Å². The van der Waals surface area contributed by atoms with E-state index in [1.165, 1.54) is 67.6 Å². The van der Waals surface area contributed by atoms with Gasteiger partial charge in [-0.1, -0.05) is 89.1 Å². The lowest BCUT2D eigenvalue weighted by molar-refractivity contribution is -0.340. The standard InChI is InChI=1S/C56H66N6O18.C28H40N6O7/c1-28(2)46(61-39(65)14-6-5-9-22-62-40(66)19-20-41(62)67)38(64)23-32(11-10-21-58-53(57)74)52(73)59-33-17-15-31(16-18-33)26-78-54(75)60-37-24-42(79-29(3)47(37)68)80-56(77)27-55(76,30(4)63)25-36-45(56)51(72)44-43(50(36)71)48(69)34-12-7-8-13-35(34)49(44)70;1-18(2)25(33-22(36)8-4-3-5-16-34-23(37)13-14-24(34)38)27(40)32-21(7-6-15-30-28(29)41)26(39)31-20-11-9-19(17-35)10-12-20/h7-8,12-13,15-20,28-29,32,37,42,46-47,68,71-72,76-77H,5-6,9-11,14,21-27H2,1-4H3,(H,59,73)(H,60,75)(H,61,65)(H3,57,58,74);9-14,18,21,25,35H,3-8,15-17H2,1-2H3,(H,31,39)(H,32,40)(H,33,36)(H3,29,30,41)/t29-,32+,37-,42-,46-,47+,55-,56-;21-,25-/m00/s1. The van der Waals surface area contributed by atoms with Gasteiger partial charge < -0.3 is 98.9 Å². The van der Waals surface area contributed by atoms with Crippen LogP contribution in [-0.2, 0) is 92.4 Å². The number of carbonyl (C=O) groups excluding carboxylic acids is 16. The van der Waals surface area contributed by atoms with E-state index >= 15 is 0 Å². The molecule has 0 radical (unpaired) electrons. The fourth-order valence-corrected chi connectivity index (χ4v) is 14.5. The van der Waals surface area contributed by atoms with Crippen molar-refractivity contribution in [3.8, 4) is 11.5 Å². The number of nitrogens with zero attached hydrogens (tertiary/aromatic N) is 2. The molecule has 14 amide bonds. The molecule has 4 aromatic carbocycles. The minimum absolute atomic E-state index is 0.0670. The van der Waals surface area contributed by atoms with Gasteiger partial charge in [0.15, 0.2) is 29.4 Å². The van der Waals surface area contributed by atoms with E-state index < -0.39 is 166 Å². The van der Waals surface area contributed by atoms with Crippen molar-refractivity contribution in [2.45, 2.75) is 212 Å². The molecule has 10 atom stereocenters. The fraction of sp³-hybridized carbons (Fsp3) is 0.476. The molecular formula is C84H106N12O25. The number of aliphatic hydroxyl groups excluding tert-OH is 2. The molecule has 2 aliphatic carbocycles. The molecule has 37 nitrogen and oxygen atoms in total. The van der Waals surface area contributed by atoms with Crippen LogP contribution in [0.5, 0.6) is 11.5 Å². The third kappa shape index (κ3) is 25.5. The molecule has 18 N–H and O–H groups in total. The number of urea groups is 2. The monoisotopic (exact) mass is 1680 g/mol. The third-order valence-electron chi connectivity index (χ3n) is 21.2. The van der Waals surface area contributed by atoms with Crippen LogP contribution in [-0.4, -0.2) is 209 Å². The van der Waals surface area contributed by atoms with E-state index in [1.807, 2.05) is 0 Å². The lowest BCUT2D eigenvalue weighted by Gasteiger charge is -2.46. The van der Waals surface area contributed by atoms with Gasteiger partial charge in [0.1, 0.15) is 41.9 Å². The highest BCUT2D eigenvalue weighted by molar-refractivity contribution is 6.30. The number of amides is 14. The first-order valence-electron chi connectivity index (χ1n) is 40.0. The van der Waals surface area contributed by atoms with Crippen molar-refractivity contribution in [2.24, 2.45) is 29.2 Å². The average molecular weight is 1680 g/mol. The lowest BCUT2D eigenvalue weighted by atomic mass is 9.70. The lowest BCUT2D eigenvalue weighted by Crippen LogP contribution is -2.58. The highest BCUT2D eigenvalue weighted by Gasteiger charge is 2.56. The number of phenols is 2. The number of fused-ring (bicyclic) bond motifs is 3. The number of aliphatic hydroxyl groups is 4. The van der Waals surface area contributed by atoms with Crippen LogP contribution in [0.2, 0.25) is 0 Å². The molecule has 121 heavy (non-hydrogen) atoms. The maximum atomic E-state index is 13.8. The van der Waals surface area contributed by atoms with Crippen molar-refractivity contribution < 1.29 is 122 Å². The molecule has 1 saturated heterocycles. The second-order valence-corrected chi connectivity index (χ2v) is 31.0. The Balaban J connectivity index is 0.000000373. The number of alkyl carbamates (subject to hydrolysis) is 1. The second kappa shape index (κ2) is 43.2. The normalized spacial score (nSPS) is 19.9. The van der Waals surface area contributed by atoms with E-state index in [-0.39, 0.29) is 142 Å². The van der Waals surface area contributed by atoms with Gasteiger partial charge in [-0.2, -0.15) is 0 Å². The van der Waals surface area contributed by atoms with Gasteiger partial charge in [-0.15, -0.1) is 0 Å². The molecule has 37 heteroatoms. The van der Waals surface area contributed by atoms with Crippen molar-refractivity contribution in [3.63, 3.8) is 0 Å². The summed E-state index contributed by atoms with van der Waals surface area (Å²) in [6.45, 7) is 9.93. The van der Waals surface area contributed by atoms with Crippen LogP contribution in [0.4, 0.5) is 25.8 Å². The number of aromatic hydroxyl groups is 2. The van der Waals surface area contributed by atoms with Crippen LogP contribution in [0.3, 0.4) is 0 Å². The number of nitrogens with one attached hydrogen (secondary N) is 8. The minimum atomic E-state index is -2.89. The Labute approximate surface area is 696 Å². The van der Waals surface area contributed by atoms with Crippen molar-refractivity contribution in [2.75, 3.05) is 36.8 Å². The zero-order valence-corrected chi connectivity index (χ0v) is 68.1. The van der Waals surface area contributed by atoms with E-state index in [2.05, 4.69) is 42.5 Å². The summed E-state index contributed by atoms with van der Waals surface area (Å²) in [5, 5.41) is 88.8. The molecule has 0 aromatic heterocycles. The van der Waals surface area contributed by atoms with Crippen LogP contribution in [0.1, 0.15) is 192 Å². The first-order chi connectivity index (χ1) is 57.3. The predicted octanol–water partition coefficient (Wildman–Crippen LogP) is 3.36. The van der Waals surface area contributed by atoms with E-state index in [0.29, 0.717) is 67.4 Å². The molecule has 3 aliphatic heterocycles. The topological polar surface area (TPSA) is 577 Å². The van der Waals surface area contributed by atoms with Crippen molar-refractivity contribution in [1.29, 1.82) is 0 Å². The van der Waals surface area contributed by atoms with Crippen LogP contribution in [0.25, 0.3) is 0 Å². The fourth-order valence-electron chi connectivity index (χ4n) is 14.5. The molecular weight excluding hydrogens is 1580 g/mol. The summed E-state index contributed by atoms with van der Waals surface area (Å²) in [4.78, 5) is 204. The first kappa shape index (κ1) is 94.3. The number of imide groups is 2. The number of phenolic OH excluding ortho intramolecular Hbond substituents is 2. The molecule has 5 aliphatic rings. The Kier molecular flexibility index (Phi) is 33.7. The quantitative estimate of drug-likeness (QED) is 0.0116. The molecule has 0 saturated carbocycles. The van der Waals surface area contributed by atoms with Gasteiger partial charge in [-0.25, -0.2) is 14.4 Å². The van der Waals surface area contributed by atoms with Gasteiger partial charge in [-0.3, -0.25) is 72.1 Å². The third-order valence-corrected chi connectivity index (χ3v) is 21.2. The average Bonchev–Trinajstić information content (AvgIpc) is 1.05. The van der Waals surface area contributed by atoms with Crippen molar-refractivity contribution >= 4 is 106 Å². The number of hydrogen-bond acceptors (Lipinski definition) is 25. The van der Waals surface area contributed by atoms with E-state index in [9.17, 15) is 107 Å². The summed E-state index contributed by atoms with van der Waals surface area (Å²) in [6.07, 6.45) is 1.96. The van der Waals surface area contributed by atoms with E-state index in [4.69, 9.17) is 25.7 Å². The maximum absolute atomic E-state index is 13.8. The van der Waals surface area contributed by atoms with E-state index in [0.717, 1.165) is 16.7 Å². The zero-order valence-electron chi connectivity index (χ0n) is 68.1. The van der Waals surface area contributed by atoms with Gasteiger partial charge in [0.2, 0.25) is 35.3 Å². The molecule has 1 fully saturated rings.